The van der Waals surface area contributed by atoms with Gasteiger partial charge in [-0.05, 0) is 46.5 Å². The predicted molar refractivity (Wildman–Crippen MR) is 58.3 cm³/mol. The maximum atomic E-state index is 10.9. The van der Waals surface area contributed by atoms with Crippen LogP contribution in [0.25, 0.3) is 0 Å². The third-order valence-electron chi connectivity index (χ3n) is 3.21. The maximum Gasteiger partial charge on any atom is 0.217 e. The van der Waals surface area contributed by atoms with Crippen LogP contribution in [0, 0.1) is 5.92 Å². The number of hydrogen-bond donors (Lipinski definition) is 2. The largest absolute Gasteiger partial charge is 0.370 e. The Balaban J connectivity index is 2.79. The molecule has 0 aliphatic carbocycles. The lowest BCUT2D eigenvalue weighted by molar-refractivity contribution is -0.251. The summed E-state index contributed by atoms with van der Waals surface area (Å²) in [5.41, 5.74) is 4.64. The molecule has 1 aliphatic heterocycles. The number of nitrogens with two attached hydrogens (primary N) is 1. The fourth-order valence-electron chi connectivity index (χ4n) is 2.91. The van der Waals surface area contributed by atoms with E-state index in [1.54, 1.807) is 0 Å². The van der Waals surface area contributed by atoms with Crippen molar-refractivity contribution >= 4 is 5.91 Å². The molecule has 4 heteroatoms. The molecule has 1 amide bonds. The third-order valence-corrected chi connectivity index (χ3v) is 3.21. The van der Waals surface area contributed by atoms with Gasteiger partial charge < -0.3 is 10.9 Å². The highest BCUT2D eigenvalue weighted by atomic mass is 16.5. The lowest BCUT2D eigenvalue weighted by Crippen LogP contribution is -2.59. The highest BCUT2D eigenvalue weighted by Crippen LogP contribution is 2.40. The van der Waals surface area contributed by atoms with Gasteiger partial charge in [0.1, 0.15) is 0 Å². The van der Waals surface area contributed by atoms with Crippen molar-refractivity contribution in [2.24, 2.45) is 11.7 Å². The smallest absolute Gasteiger partial charge is 0.217 e. The van der Waals surface area contributed by atoms with Crippen LogP contribution in [0.5, 0.6) is 0 Å². The lowest BCUT2D eigenvalue weighted by Gasteiger charge is -2.51. The molecule has 0 spiro atoms. The quantitative estimate of drug-likeness (QED) is 0.732. The van der Waals surface area contributed by atoms with Crippen LogP contribution in [0.1, 0.15) is 47.0 Å². The van der Waals surface area contributed by atoms with Gasteiger partial charge in [0.2, 0.25) is 5.91 Å². The van der Waals surface area contributed by atoms with Crippen LogP contribution < -0.4 is 5.73 Å². The molecule has 0 aromatic heterocycles. The molecule has 0 aromatic carbocycles. The average Bonchev–Trinajstić information content (AvgIpc) is 1.97. The number of rotatable bonds is 2. The first-order valence-corrected chi connectivity index (χ1v) is 5.43. The van der Waals surface area contributed by atoms with E-state index in [9.17, 15) is 10.0 Å². The van der Waals surface area contributed by atoms with Crippen LogP contribution in [-0.2, 0) is 4.79 Å². The molecule has 0 saturated carbocycles. The highest BCUT2D eigenvalue weighted by molar-refractivity contribution is 5.74. The second kappa shape index (κ2) is 3.76. The molecule has 1 fully saturated rings. The number of hydrogen-bond acceptors (Lipinski definition) is 3. The monoisotopic (exact) mass is 214 g/mol. The van der Waals surface area contributed by atoms with E-state index in [1.807, 2.05) is 27.7 Å². The zero-order valence-electron chi connectivity index (χ0n) is 10.1. The molecule has 1 saturated heterocycles. The van der Waals surface area contributed by atoms with Gasteiger partial charge in [0.05, 0.1) is 0 Å². The first-order valence-electron chi connectivity index (χ1n) is 5.43. The summed E-state index contributed by atoms with van der Waals surface area (Å²) in [5.74, 6) is 0.0221. The topological polar surface area (TPSA) is 66.6 Å². The van der Waals surface area contributed by atoms with Crippen molar-refractivity contribution in [3.05, 3.63) is 0 Å². The Morgan fingerprint density at radius 2 is 1.73 bits per heavy atom. The van der Waals surface area contributed by atoms with E-state index in [0.29, 0.717) is 6.42 Å². The van der Waals surface area contributed by atoms with Gasteiger partial charge in [-0.15, -0.1) is 0 Å². The van der Waals surface area contributed by atoms with E-state index in [0.717, 1.165) is 12.8 Å². The van der Waals surface area contributed by atoms with Crippen LogP contribution in [0.15, 0.2) is 0 Å². The molecule has 0 aromatic rings. The molecule has 15 heavy (non-hydrogen) atoms. The van der Waals surface area contributed by atoms with Gasteiger partial charge in [-0.3, -0.25) is 4.79 Å². The maximum absolute atomic E-state index is 10.9. The number of hydroxylamine groups is 2. The van der Waals surface area contributed by atoms with Crippen molar-refractivity contribution in [2.45, 2.75) is 58.0 Å². The summed E-state index contributed by atoms with van der Waals surface area (Å²) in [7, 11) is 0. The first kappa shape index (κ1) is 12.5. The van der Waals surface area contributed by atoms with Crippen molar-refractivity contribution < 1.29 is 10.0 Å². The zero-order valence-corrected chi connectivity index (χ0v) is 10.1. The average molecular weight is 214 g/mol. The number of piperidine rings is 1. The fourth-order valence-corrected chi connectivity index (χ4v) is 2.91. The van der Waals surface area contributed by atoms with E-state index < -0.39 is 0 Å². The van der Waals surface area contributed by atoms with Crippen LogP contribution in [0.3, 0.4) is 0 Å². The number of carbonyl (C=O) groups excluding carboxylic acids is 1. The molecular weight excluding hydrogens is 192 g/mol. The molecule has 1 rings (SSSR count). The second-order valence-electron chi connectivity index (χ2n) is 5.88. The van der Waals surface area contributed by atoms with Gasteiger partial charge in [-0.1, -0.05) is 0 Å². The van der Waals surface area contributed by atoms with Crippen LogP contribution in [0.4, 0.5) is 0 Å². The molecule has 1 heterocycles. The predicted octanol–water partition coefficient (Wildman–Crippen LogP) is 1.52. The summed E-state index contributed by atoms with van der Waals surface area (Å²) in [6, 6.07) is 0. The minimum Gasteiger partial charge on any atom is -0.370 e. The van der Waals surface area contributed by atoms with Crippen molar-refractivity contribution in [1.29, 1.82) is 0 Å². The molecule has 1 aliphatic rings. The molecule has 0 unspecified atom stereocenters. The molecule has 88 valence electrons. The summed E-state index contributed by atoms with van der Waals surface area (Å²) in [4.78, 5) is 10.9. The van der Waals surface area contributed by atoms with E-state index in [2.05, 4.69) is 0 Å². The lowest BCUT2D eigenvalue weighted by atomic mass is 9.74. The third kappa shape index (κ3) is 2.69. The Bertz CT molecular complexity index is 243. The summed E-state index contributed by atoms with van der Waals surface area (Å²) in [5, 5.41) is 11.4. The van der Waals surface area contributed by atoms with E-state index in [1.165, 1.54) is 5.06 Å². The summed E-state index contributed by atoms with van der Waals surface area (Å²) in [6.45, 7) is 7.95. The number of carbonyl (C=O) groups is 1. The van der Waals surface area contributed by atoms with E-state index in [4.69, 9.17) is 5.73 Å². The summed E-state index contributed by atoms with van der Waals surface area (Å²) in [6.07, 6.45) is 2.02. The number of primary amides is 1. The second-order valence-corrected chi connectivity index (χ2v) is 5.88. The number of amides is 1. The Morgan fingerprint density at radius 3 is 2.07 bits per heavy atom. The first-order chi connectivity index (χ1) is 6.65. The Morgan fingerprint density at radius 1 is 1.33 bits per heavy atom. The minimum absolute atomic E-state index is 0.252. The van der Waals surface area contributed by atoms with E-state index >= 15 is 0 Å². The van der Waals surface area contributed by atoms with Gasteiger partial charge in [0.15, 0.2) is 0 Å². The molecule has 0 radical (unpaired) electrons. The minimum atomic E-state index is -0.290. The van der Waals surface area contributed by atoms with Crippen molar-refractivity contribution in [3.63, 3.8) is 0 Å². The van der Waals surface area contributed by atoms with Gasteiger partial charge >= 0.3 is 0 Å². The van der Waals surface area contributed by atoms with Crippen molar-refractivity contribution in [3.8, 4) is 0 Å². The van der Waals surface area contributed by atoms with Gasteiger partial charge in [0.25, 0.3) is 0 Å². The molecular formula is C11H22N2O2. The zero-order chi connectivity index (χ0) is 11.9. The summed E-state index contributed by atoms with van der Waals surface area (Å²) < 4.78 is 0. The molecule has 4 nitrogen and oxygen atoms in total. The van der Waals surface area contributed by atoms with Gasteiger partial charge in [-0.2, -0.15) is 5.06 Å². The van der Waals surface area contributed by atoms with E-state index in [-0.39, 0.29) is 22.9 Å². The van der Waals surface area contributed by atoms with Crippen LogP contribution in [-0.4, -0.2) is 27.3 Å². The van der Waals surface area contributed by atoms with Crippen LogP contribution in [0.2, 0.25) is 0 Å². The van der Waals surface area contributed by atoms with Gasteiger partial charge in [0, 0.05) is 17.5 Å². The van der Waals surface area contributed by atoms with Crippen LogP contribution >= 0.6 is 0 Å². The Kier molecular flexibility index (Phi) is 3.12. The molecule has 0 bridgehead atoms. The molecule has 0 atom stereocenters. The number of nitrogens with zero attached hydrogens (tertiary/aromatic N) is 1. The molecule has 3 N–H and O–H groups in total. The summed E-state index contributed by atoms with van der Waals surface area (Å²) >= 11 is 0. The highest BCUT2D eigenvalue weighted by Gasteiger charge is 2.45. The Hall–Kier alpha value is -0.610. The SMILES string of the molecule is CC1(C)CC(CC(N)=O)CC(C)(C)N1O. The fraction of sp³-hybridized carbons (Fsp3) is 0.909. The van der Waals surface area contributed by atoms with Gasteiger partial charge in [-0.25, -0.2) is 0 Å². The van der Waals surface area contributed by atoms with Crippen molar-refractivity contribution in [1.82, 2.24) is 5.06 Å². The Labute approximate surface area is 91.4 Å². The normalized spacial score (nSPS) is 26.5. The standard InChI is InChI=1S/C11H22N2O2/c1-10(2)6-8(5-9(12)14)7-11(3,4)13(10)15/h8,15H,5-7H2,1-4H3,(H2,12,14). The van der Waals surface area contributed by atoms with Crippen molar-refractivity contribution in [2.75, 3.05) is 0 Å².